The number of nitrogens with one attached hydrogen (secondary N) is 1. The first-order chi connectivity index (χ1) is 8.99. The van der Waals surface area contributed by atoms with Crippen LogP contribution in [0.15, 0.2) is 16.7 Å². The number of carbonyl (C=O) groups excluding carboxylic acids is 1. The number of rotatable bonds is 4. The second kappa shape index (κ2) is 6.09. The van der Waals surface area contributed by atoms with E-state index in [9.17, 15) is 4.79 Å². The molecule has 4 nitrogen and oxygen atoms in total. The van der Waals surface area contributed by atoms with E-state index in [-0.39, 0.29) is 11.9 Å². The predicted octanol–water partition coefficient (Wildman–Crippen LogP) is 2.66. The lowest BCUT2D eigenvalue weighted by molar-refractivity contribution is 0.0933. The van der Waals surface area contributed by atoms with Crippen molar-refractivity contribution in [3.63, 3.8) is 0 Å². The second-order valence-corrected chi connectivity index (χ2v) is 6.45. The van der Waals surface area contributed by atoms with E-state index in [1.165, 1.54) is 12.8 Å². The molecule has 5 heteroatoms. The van der Waals surface area contributed by atoms with Gasteiger partial charge in [0.05, 0.1) is 0 Å². The molecule has 1 saturated heterocycles. The predicted molar refractivity (Wildman–Crippen MR) is 80.5 cm³/mol. The highest BCUT2D eigenvalue weighted by atomic mass is 79.9. The number of likely N-dealkylation sites (tertiary alicyclic amines) is 1. The third-order valence-corrected chi connectivity index (χ3v) is 4.21. The normalized spacial score (nSPS) is 20.2. The molecule has 1 unspecified atom stereocenters. The molecule has 1 amide bonds. The number of amides is 1. The minimum atomic E-state index is 0.0136. The molecule has 1 aromatic rings. The molecular weight excluding hydrogens is 306 g/mol. The molecule has 0 bridgehead atoms. The number of hydrogen-bond donors (Lipinski definition) is 1. The quantitative estimate of drug-likeness (QED) is 0.923. The zero-order valence-electron chi connectivity index (χ0n) is 11.8. The van der Waals surface area contributed by atoms with Crippen LogP contribution in [0.5, 0.6) is 0 Å². The maximum absolute atomic E-state index is 12.3. The molecule has 1 fully saturated rings. The summed E-state index contributed by atoms with van der Waals surface area (Å²) in [6.07, 6.45) is 4.36. The van der Waals surface area contributed by atoms with Crippen molar-refractivity contribution in [3.8, 4) is 0 Å². The summed E-state index contributed by atoms with van der Waals surface area (Å²) >= 11 is 3.44. The molecule has 2 heterocycles. The van der Waals surface area contributed by atoms with Crippen LogP contribution in [-0.4, -0.2) is 41.6 Å². The zero-order chi connectivity index (χ0) is 14.0. The summed E-state index contributed by atoms with van der Waals surface area (Å²) in [5.41, 5.74) is 0.725. The summed E-state index contributed by atoms with van der Waals surface area (Å²) in [7, 11) is 2.12. The highest BCUT2D eigenvalue weighted by Gasteiger charge is 2.22. The van der Waals surface area contributed by atoms with Gasteiger partial charge in [-0.25, -0.2) is 0 Å². The second-order valence-electron chi connectivity index (χ2n) is 5.53. The highest BCUT2D eigenvalue weighted by molar-refractivity contribution is 9.10. The number of carbonyl (C=O) groups is 1. The van der Waals surface area contributed by atoms with Gasteiger partial charge in [-0.15, -0.1) is 0 Å². The molecule has 1 aliphatic heterocycles. The van der Waals surface area contributed by atoms with Crippen LogP contribution in [0.3, 0.4) is 0 Å². The maximum Gasteiger partial charge on any atom is 0.268 e. The first kappa shape index (κ1) is 14.6. The van der Waals surface area contributed by atoms with Crippen molar-refractivity contribution in [3.05, 3.63) is 22.4 Å². The van der Waals surface area contributed by atoms with Gasteiger partial charge in [0.2, 0.25) is 0 Å². The Morgan fingerprint density at radius 3 is 2.89 bits per heavy atom. The Morgan fingerprint density at radius 2 is 2.32 bits per heavy atom. The molecule has 19 heavy (non-hydrogen) atoms. The molecule has 1 aromatic heterocycles. The van der Waals surface area contributed by atoms with Gasteiger partial charge in [0.25, 0.3) is 5.91 Å². The average Bonchev–Trinajstić information content (AvgIpc) is 2.92. The van der Waals surface area contributed by atoms with Crippen LogP contribution < -0.4 is 5.32 Å². The number of nitrogens with zero attached hydrogens (tertiary/aromatic N) is 2. The number of likely N-dealkylation sites (N-methyl/N-ethyl adjacent to an activating group) is 1. The van der Waals surface area contributed by atoms with E-state index in [0.29, 0.717) is 6.04 Å². The summed E-state index contributed by atoms with van der Waals surface area (Å²) in [6.45, 7) is 6.02. The lowest BCUT2D eigenvalue weighted by Crippen LogP contribution is -2.38. The Labute approximate surface area is 123 Å². The first-order valence-corrected chi connectivity index (χ1v) is 7.64. The smallest absolute Gasteiger partial charge is 0.268 e. The SMILES string of the molecule is CC(C)n1cc(Br)cc1C(=O)NCC1CCCN1C. The van der Waals surface area contributed by atoms with E-state index >= 15 is 0 Å². The highest BCUT2D eigenvalue weighted by Crippen LogP contribution is 2.19. The van der Waals surface area contributed by atoms with Crippen molar-refractivity contribution in [2.45, 2.75) is 38.8 Å². The van der Waals surface area contributed by atoms with E-state index in [0.717, 1.165) is 23.3 Å². The van der Waals surface area contributed by atoms with Gasteiger partial charge in [-0.3, -0.25) is 4.79 Å². The zero-order valence-corrected chi connectivity index (χ0v) is 13.4. The summed E-state index contributed by atoms with van der Waals surface area (Å²) in [5, 5.41) is 3.06. The molecule has 0 radical (unpaired) electrons. The standard InChI is InChI=1S/C14H22BrN3O/c1-10(2)18-9-11(15)7-13(18)14(19)16-8-12-5-4-6-17(12)3/h7,9-10,12H,4-6,8H2,1-3H3,(H,16,19). The van der Waals surface area contributed by atoms with Gasteiger partial charge in [-0.05, 0) is 62.3 Å². The number of hydrogen-bond acceptors (Lipinski definition) is 2. The van der Waals surface area contributed by atoms with Crippen molar-refractivity contribution < 1.29 is 4.79 Å². The van der Waals surface area contributed by atoms with Crippen LogP contribution >= 0.6 is 15.9 Å². The van der Waals surface area contributed by atoms with Gasteiger partial charge in [-0.1, -0.05) is 0 Å². The number of halogens is 1. The number of aromatic nitrogens is 1. The summed E-state index contributed by atoms with van der Waals surface area (Å²) in [5.74, 6) is 0.0136. The molecular formula is C14H22BrN3O. The summed E-state index contributed by atoms with van der Waals surface area (Å²) in [4.78, 5) is 14.6. The van der Waals surface area contributed by atoms with Crippen molar-refractivity contribution in [2.75, 3.05) is 20.1 Å². The van der Waals surface area contributed by atoms with Crippen molar-refractivity contribution >= 4 is 21.8 Å². The van der Waals surface area contributed by atoms with E-state index in [4.69, 9.17) is 0 Å². The van der Waals surface area contributed by atoms with E-state index in [2.05, 4.69) is 47.0 Å². The van der Waals surface area contributed by atoms with Crippen LogP contribution in [-0.2, 0) is 0 Å². The van der Waals surface area contributed by atoms with Gasteiger partial charge < -0.3 is 14.8 Å². The Morgan fingerprint density at radius 1 is 1.58 bits per heavy atom. The van der Waals surface area contributed by atoms with Crippen molar-refractivity contribution in [2.24, 2.45) is 0 Å². The fourth-order valence-corrected chi connectivity index (χ4v) is 3.03. The van der Waals surface area contributed by atoms with Gasteiger partial charge >= 0.3 is 0 Å². The van der Waals surface area contributed by atoms with Gasteiger partial charge in [0.15, 0.2) is 0 Å². The average molecular weight is 328 g/mol. The molecule has 0 aromatic carbocycles. The fourth-order valence-electron chi connectivity index (χ4n) is 2.59. The topological polar surface area (TPSA) is 37.3 Å². The summed E-state index contributed by atoms with van der Waals surface area (Å²) in [6, 6.07) is 2.64. The molecule has 0 aliphatic carbocycles. The molecule has 0 spiro atoms. The van der Waals surface area contributed by atoms with Crippen LogP contribution in [0, 0.1) is 0 Å². The Hall–Kier alpha value is -0.810. The monoisotopic (exact) mass is 327 g/mol. The van der Waals surface area contributed by atoms with Crippen LogP contribution in [0.2, 0.25) is 0 Å². The van der Waals surface area contributed by atoms with Gasteiger partial charge in [0, 0.05) is 29.3 Å². The molecule has 1 atom stereocenters. The lowest BCUT2D eigenvalue weighted by atomic mass is 10.2. The summed E-state index contributed by atoms with van der Waals surface area (Å²) < 4.78 is 2.95. The molecule has 0 saturated carbocycles. The van der Waals surface area contributed by atoms with Crippen LogP contribution in [0.1, 0.15) is 43.2 Å². The fraction of sp³-hybridized carbons (Fsp3) is 0.643. The van der Waals surface area contributed by atoms with E-state index in [1.807, 2.05) is 16.8 Å². The molecule has 2 rings (SSSR count). The van der Waals surface area contributed by atoms with Crippen LogP contribution in [0.25, 0.3) is 0 Å². The van der Waals surface area contributed by atoms with E-state index < -0.39 is 0 Å². The largest absolute Gasteiger partial charge is 0.349 e. The maximum atomic E-state index is 12.3. The molecule has 106 valence electrons. The van der Waals surface area contributed by atoms with Crippen molar-refractivity contribution in [1.29, 1.82) is 0 Å². The Kier molecular flexibility index (Phi) is 4.68. The van der Waals surface area contributed by atoms with Gasteiger partial charge in [0.1, 0.15) is 5.69 Å². The molecule has 1 aliphatic rings. The Bertz CT molecular complexity index is 456. The Balaban J connectivity index is 1.99. The molecule has 1 N–H and O–H groups in total. The van der Waals surface area contributed by atoms with Gasteiger partial charge in [-0.2, -0.15) is 0 Å². The van der Waals surface area contributed by atoms with Crippen molar-refractivity contribution in [1.82, 2.24) is 14.8 Å². The van der Waals surface area contributed by atoms with E-state index in [1.54, 1.807) is 0 Å². The third kappa shape index (κ3) is 3.39. The lowest BCUT2D eigenvalue weighted by Gasteiger charge is -2.20. The minimum absolute atomic E-state index is 0.0136. The first-order valence-electron chi connectivity index (χ1n) is 6.85. The van der Waals surface area contributed by atoms with Crippen LogP contribution in [0.4, 0.5) is 0 Å². The third-order valence-electron chi connectivity index (χ3n) is 3.77. The minimum Gasteiger partial charge on any atom is -0.349 e.